The van der Waals surface area contributed by atoms with Gasteiger partial charge in [0.05, 0.1) is 0 Å². The normalized spacial score (nSPS) is 25.5. The first-order valence-corrected chi connectivity index (χ1v) is 4.95. The molecule has 1 aliphatic rings. The second-order valence-corrected chi connectivity index (χ2v) is 3.84. The molecule has 86 valence electrons. The second kappa shape index (κ2) is 4.97. The van der Waals surface area contributed by atoms with E-state index in [2.05, 4.69) is 10.6 Å². The number of aliphatic hydroxyl groups is 1. The molecule has 1 fully saturated rings. The smallest absolute Gasteiger partial charge is 0.326 e. The lowest BCUT2D eigenvalue weighted by Gasteiger charge is -2.13. The highest BCUT2D eigenvalue weighted by Gasteiger charge is 2.34. The lowest BCUT2D eigenvalue weighted by atomic mass is 10.2. The maximum atomic E-state index is 11.3. The van der Waals surface area contributed by atoms with Gasteiger partial charge in [-0.15, -0.1) is 0 Å². The summed E-state index contributed by atoms with van der Waals surface area (Å²) in [4.78, 5) is 21.9. The lowest BCUT2D eigenvalue weighted by molar-refractivity contribution is -0.139. The Hall–Kier alpha value is -1.30. The number of hydrogen-bond acceptors (Lipinski definition) is 3. The van der Waals surface area contributed by atoms with Crippen molar-refractivity contribution in [2.75, 3.05) is 6.61 Å². The van der Waals surface area contributed by atoms with Crippen LogP contribution < -0.4 is 10.6 Å². The van der Waals surface area contributed by atoms with Crippen molar-refractivity contribution in [3.8, 4) is 0 Å². The highest BCUT2D eigenvalue weighted by Crippen LogP contribution is 2.28. The molecular formula is C9H16N2O4. The van der Waals surface area contributed by atoms with Gasteiger partial charge in [-0.2, -0.15) is 0 Å². The maximum absolute atomic E-state index is 11.3. The van der Waals surface area contributed by atoms with Crippen LogP contribution in [-0.4, -0.2) is 40.9 Å². The quantitative estimate of drug-likeness (QED) is 0.499. The number of hydrogen-bond donors (Lipinski definition) is 4. The summed E-state index contributed by atoms with van der Waals surface area (Å²) in [7, 11) is 0. The fraction of sp³-hybridized carbons (Fsp3) is 0.778. The van der Waals surface area contributed by atoms with E-state index in [1.165, 1.54) is 0 Å². The van der Waals surface area contributed by atoms with Crippen molar-refractivity contribution in [3.05, 3.63) is 0 Å². The average molecular weight is 216 g/mol. The third-order valence-corrected chi connectivity index (χ3v) is 2.45. The van der Waals surface area contributed by atoms with Gasteiger partial charge in [-0.05, 0) is 12.3 Å². The Balaban J connectivity index is 2.30. The number of carbonyl (C=O) groups is 2. The van der Waals surface area contributed by atoms with Crippen LogP contribution >= 0.6 is 0 Å². The predicted octanol–water partition coefficient (Wildman–Crippen LogP) is -0.470. The molecule has 2 amide bonds. The molecular weight excluding hydrogens is 200 g/mol. The van der Waals surface area contributed by atoms with Crippen molar-refractivity contribution >= 4 is 12.0 Å². The Labute approximate surface area is 87.7 Å². The van der Waals surface area contributed by atoms with Crippen molar-refractivity contribution in [3.63, 3.8) is 0 Å². The molecule has 1 saturated carbocycles. The number of carboxylic acids is 1. The van der Waals surface area contributed by atoms with Gasteiger partial charge in [0, 0.05) is 19.1 Å². The minimum atomic E-state index is -1.14. The third kappa shape index (κ3) is 3.75. The van der Waals surface area contributed by atoms with Gasteiger partial charge in [-0.3, -0.25) is 0 Å². The Bertz CT molecular complexity index is 256. The van der Waals surface area contributed by atoms with Gasteiger partial charge in [-0.1, -0.05) is 6.92 Å². The molecule has 0 aromatic rings. The molecule has 0 aliphatic heterocycles. The fourth-order valence-corrected chi connectivity index (χ4v) is 1.28. The molecule has 0 spiro atoms. The van der Waals surface area contributed by atoms with E-state index in [1.807, 2.05) is 6.92 Å². The standard InChI is InChI=1S/C9H16N2O4/c1-5-4-7(5)11-9(15)10-6(2-3-12)8(13)14/h5-7,12H,2-4H2,1H3,(H,13,14)(H2,10,11,15)/t5?,6-,7?/m1/s1. The number of aliphatic hydroxyl groups excluding tert-OH is 1. The van der Waals surface area contributed by atoms with Gasteiger partial charge < -0.3 is 20.8 Å². The summed E-state index contributed by atoms with van der Waals surface area (Å²) in [6, 6.07) is -1.34. The molecule has 0 aromatic heterocycles. The molecule has 0 bridgehead atoms. The molecule has 6 heteroatoms. The van der Waals surface area contributed by atoms with E-state index in [1.54, 1.807) is 0 Å². The summed E-state index contributed by atoms with van der Waals surface area (Å²) in [6.07, 6.45) is 0.953. The maximum Gasteiger partial charge on any atom is 0.326 e. The molecule has 0 aromatic carbocycles. The number of carboxylic acid groups (broad SMARTS) is 1. The van der Waals surface area contributed by atoms with E-state index >= 15 is 0 Å². The van der Waals surface area contributed by atoms with Crippen LogP contribution in [0.3, 0.4) is 0 Å². The average Bonchev–Trinajstić information content (AvgIpc) is 2.80. The Morgan fingerprint density at radius 2 is 2.13 bits per heavy atom. The Morgan fingerprint density at radius 1 is 1.53 bits per heavy atom. The summed E-state index contributed by atoms with van der Waals surface area (Å²) in [5.74, 6) is -0.667. The summed E-state index contributed by atoms with van der Waals surface area (Å²) in [6.45, 7) is 1.74. The molecule has 0 heterocycles. The van der Waals surface area contributed by atoms with E-state index in [-0.39, 0.29) is 19.1 Å². The zero-order valence-electron chi connectivity index (χ0n) is 8.56. The number of aliphatic carboxylic acids is 1. The molecule has 0 radical (unpaired) electrons. The van der Waals surface area contributed by atoms with Crippen molar-refractivity contribution in [1.29, 1.82) is 0 Å². The number of urea groups is 1. The number of amides is 2. The van der Waals surface area contributed by atoms with Crippen molar-refractivity contribution in [1.82, 2.24) is 10.6 Å². The van der Waals surface area contributed by atoms with Crippen molar-refractivity contribution < 1.29 is 19.8 Å². The summed E-state index contributed by atoms with van der Waals surface area (Å²) in [5.41, 5.74) is 0. The highest BCUT2D eigenvalue weighted by atomic mass is 16.4. The molecule has 1 aliphatic carbocycles. The van der Waals surface area contributed by atoms with Crippen LogP contribution in [0.4, 0.5) is 4.79 Å². The first-order chi connectivity index (χ1) is 7.04. The minimum absolute atomic E-state index is 0.0168. The minimum Gasteiger partial charge on any atom is -0.480 e. The monoisotopic (exact) mass is 216 g/mol. The van der Waals surface area contributed by atoms with Crippen LogP contribution in [0.2, 0.25) is 0 Å². The highest BCUT2D eigenvalue weighted by molar-refractivity contribution is 5.82. The molecule has 2 unspecified atom stereocenters. The number of nitrogens with one attached hydrogen (secondary N) is 2. The van der Waals surface area contributed by atoms with Gasteiger partial charge in [0.2, 0.25) is 0 Å². The molecule has 0 saturated heterocycles. The van der Waals surface area contributed by atoms with E-state index < -0.39 is 18.0 Å². The topological polar surface area (TPSA) is 98.7 Å². The van der Waals surface area contributed by atoms with Crippen molar-refractivity contribution in [2.45, 2.75) is 31.8 Å². The van der Waals surface area contributed by atoms with E-state index in [0.29, 0.717) is 5.92 Å². The van der Waals surface area contributed by atoms with Crippen molar-refractivity contribution in [2.24, 2.45) is 5.92 Å². The Morgan fingerprint density at radius 3 is 2.53 bits per heavy atom. The fourth-order valence-electron chi connectivity index (χ4n) is 1.28. The van der Waals surface area contributed by atoms with Gasteiger partial charge in [0.15, 0.2) is 0 Å². The SMILES string of the molecule is CC1CC1NC(=O)N[C@H](CCO)C(=O)O. The van der Waals surface area contributed by atoms with Crippen LogP contribution in [0.15, 0.2) is 0 Å². The Kier molecular flexibility index (Phi) is 3.90. The van der Waals surface area contributed by atoms with Gasteiger partial charge in [0.1, 0.15) is 6.04 Å². The van der Waals surface area contributed by atoms with E-state index in [9.17, 15) is 9.59 Å². The van der Waals surface area contributed by atoms with Gasteiger partial charge in [0.25, 0.3) is 0 Å². The molecule has 1 rings (SSSR count). The summed E-state index contributed by atoms with van der Waals surface area (Å²) < 4.78 is 0. The molecule has 4 N–H and O–H groups in total. The molecule has 15 heavy (non-hydrogen) atoms. The summed E-state index contributed by atoms with van der Waals surface area (Å²) >= 11 is 0. The third-order valence-electron chi connectivity index (χ3n) is 2.45. The molecule has 6 nitrogen and oxygen atoms in total. The first-order valence-electron chi connectivity index (χ1n) is 4.95. The second-order valence-electron chi connectivity index (χ2n) is 3.84. The van der Waals surface area contributed by atoms with Crippen LogP contribution in [0.1, 0.15) is 19.8 Å². The number of carbonyl (C=O) groups excluding carboxylic acids is 1. The summed E-state index contributed by atoms with van der Waals surface area (Å²) in [5, 5.41) is 22.3. The zero-order valence-corrected chi connectivity index (χ0v) is 8.56. The van der Waals surface area contributed by atoms with E-state index in [4.69, 9.17) is 10.2 Å². The van der Waals surface area contributed by atoms with Crippen LogP contribution in [0.5, 0.6) is 0 Å². The van der Waals surface area contributed by atoms with Crippen LogP contribution in [0.25, 0.3) is 0 Å². The largest absolute Gasteiger partial charge is 0.480 e. The lowest BCUT2D eigenvalue weighted by Crippen LogP contribution is -2.47. The number of rotatable bonds is 5. The first kappa shape index (κ1) is 11.8. The van der Waals surface area contributed by atoms with E-state index in [0.717, 1.165) is 6.42 Å². The van der Waals surface area contributed by atoms with Crippen LogP contribution in [0, 0.1) is 5.92 Å². The van der Waals surface area contributed by atoms with Gasteiger partial charge >= 0.3 is 12.0 Å². The van der Waals surface area contributed by atoms with Gasteiger partial charge in [-0.25, -0.2) is 9.59 Å². The van der Waals surface area contributed by atoms with Crippen LogP contribution in [-0.2, 0) is 4.79 Å². The zero-order chi connectivity index (χ0) is 11.4. The predicted molar refractivity (Wildman–Crippen MR) is 52.4 cm³/mol. The molecule has 3 atom stereocenters.